The summed E-state index contributed by atoms with van der Waals surface area (Å²) in [5.74, 6) is 0. The summed E-state index contributed by atoms with van der Waals surface area (Å²) in [6.07, 6.45) is 0.977. The number of hydrogen-bond donors (Lipinski definition) is 5. The average Bonchev–Trinajstić information content (AvgIpc) is 2.58. The molecule has 1 aliphatic heterocycles. The molecule has 2 aromatic carbocycles. The third kappa shape index (κ3) is 6.31. The van der Waals surface area contributed by atoms with Crippen molar-refractivity contribution in [2.45, 2.75) is 19.6 Å². The molecule has 0 bridgehead atoms. The molecular formula is C13H14Cl2N6O8S4. The Bertz CT molecular complexity index is 1550. The third-order valence-electron chi connectivity index (χ3n) is 3.71. The maximum Gasteiger partial charge on any atom is 0.285 e. The second-order valence-corrected chi connectivity index (χ2v) is 13.1. The zero-order valence-electron chi connectivity index (χ0n) is 15.8. The highest BCUT2D eigenvalue weighted by atomic mass is 35.5. The Morgan fingerprint density at radius 3 is 1.70 bits per heavy atom. The van der Waals surface area contributed by atoms with E-state index < -0.39 is 54.8 Å². The van der Waals surface area contributed by atoms with Gasteiger partial charge in [-0.25, -0.2) is 40.7 Å². The number of nitrogens with two attached hydrogens (primary N) is 4. The summed E-state index contributed by atoms with van der Waals surface area (Å²) in [6, 6.07) is 3.73. The van der Waals surface area contributed by atoms with Crippen molar-refractivity contribution in [3.8, 4) is 0 Å². The lowest BCUT2D eigenvalue weighted by Crippen LogP contribution is -2.18. The number of nitrogens with one attached hydrogen (secondary N) is 1. The van der Waals surface area contributed by atoms with E-state index in [-0.39, 0.29) is 26.3 Å². The van der Waals surface area contributed by atoms with E-state index in [1.807, 2.05) is 0 Å². The highest BCUT2D eigenvalue weighted by molar-refractivity contribution is 7.91. The minimum absolute atomic E-state index is 0.150. The Kier molecular flexibility index (Phi) is 7.39. The van der Waals surface area contributed by atoms with Crippen LogP contribution in [0.5, 0.6) is 0 Å². The van der Waals surface area contributed by atoms with Gasteiger partial charge in [-0.3, -0.25) is 0 Å². The maximum absolute atomic E-state index is 11.5. The minimum atomic E-state index is -4.14. The van der Waals surface area contributed by atoms with Crippen LogP contribution < -0.4 is 26.5 Å². The van der Waals surface area contributed by atoms with Crippen molar-refractivity contribution in [2.75, 3.05) is 11.1 Å². The van der Waals surface area contributed by atoms with Gasteiger partial charge in [0.05, 0.1) is 21.4 Å². The number of sulfonamides is 4. The van der Waals surface area contributed by atoms with Crippen LogP contribution in [0.25, 0.3) is 0 Å². The Hall–Kier alpha value is -2.03. The summed E-state index contributed by atoms with van der Waals surface area (Å²) < 4.78 is 92.9. The molecule has 0 radical (unpaired) electrons. The summed E-state index contributed by atoms with van der Waals surface area (Å²) in [7, 11) is -16.3. The molecule has 0 unspecified atom stereocenters. The first-order valence-corrected chi connectivity index (χ1v) is 14.6. The second kappa shape index (κ2) is 8.96. The Labute approximate surface area is 198 Å². The van der Waals surface area contributed by atoms with Crippen molar-refractivity contribution in [1.82, 2.24) is 0 Å². The highest BCUT2D eigenvalue weighted by Gasteiger charge is 2.26. The molecule has 9 N–H and O–H groups in total. The Morgan fingerprint density at radius 1 is 0.758 bits per heavy atom. The number of nitrogen functional groups attached to an aromatic ring is 1. The van der Waals surface area contributed by atoms with Gasteiger partial charge >= 0.3 is 0 Å². The van der Waals surface area contributed by atoms with Crippen LogP contribution in [-0.2, 0) is 40.1 Å². The van der Waals surface area contributed by atoms with Crippen molar-refractivity contribution in [3.05, 3.63) is 34.3 Å². The zero-order valence-corrected chi connectivity index (χ0v) is 20.6. The fourth-order valence-corrected chi connectivity index (χ4v) is 6.31. The monoisotopic (exact) mass is 580 g/mol. The van der Waals surface area contributed by atoms with E-state index in [1.165, 1.54) is 6.07 Å². The van der Waals surface area contributed by atoms with Crippen molar-refractivity contribution in [3.63, 3.8) is 0 Å². The lowest BCUT2D eigenvalue weighted by Gasteiger charge is -2.14. The van der Waals surface area contributed by atoms with Gasteiger partial charge in [-0.15, -0.1) is 4.40 Å². The molecular weight excluding hydrogens is 567 g/mol. The van der Waals surface area contributed by atoms with E-state index in [4.69, 9.17) is 44.4 Å². The van der Waals surface area contributed by atoms with Crippen LogP contribution >= 0.6 is 23.2 Å². The second-order valence-electron chi connectivity index (χ2n) is 6.09. The normalized spacial score (nSPS) is 15.1. The van der Waals surface area contributed by atoms with Crippen LogP contribution in [0, 0.1) is 0 Å². The van der Waals surface area contributed by atoms with Crippen LogP contribution in [0.2, 0.25) is 10.0 Å². The molecule has 0 saturated heterocycles. The maximum atomic E-state index is 11.5. The van der Waals surface area contributed by atoms with Crippen LogP contribution in [0.3, 0.4) is 0 Å². The fourth-order valence-electron chi connectivity index (χ4n) is 2.32. The molecule has 20 heteroatoms. The van der Waals surface area contributed by atoms with Gasteiger partial charge in [0.1, 0.15) is 25.9 Å². The van der Waals surface area contributed by atoms with Crippen molar-refractivity contribution < 1.29 is 33.7 Å². The van der Waals surface area contributed by atoms with Gasteiger partial charge in [-0.2, -0.15) is 8.42 Å². The molecule has 0 spiro atoms. The Morgan fingerprint density at radius 2 is 1.21 bits per heavy atom. The summed E-state index contributed by atoms with van der Waals surface area (Å²) in [5.41, 5.74) is 5.24. The molecule has 0 saturated carbocycles. The van der Waals surface area contributed by atoms with E-state index >= 15 is 0 Å². The van der Waals surface area contributed by atoms with Crippen molar-refractivity contribution in [1.29, 1.82) is 0 Å². The quantitative estimate of drug-likeness (QED) is 0.286. The van der Waals surface area contributed by atoms with E-state index in [0.717, 1.165) is 24.5 Å². The summed E-state index contributed by atoms with van der Waals surface area (Å²) in [6.45, 7) is 0. The SMILES string of the molecule is NS(=O)(=O)c1cc2c(cc1Cl)NC=NS2(=O)=O.Nc1cc(Cl)c(S(N)(=O)=O)cc1S(N)(=O)=O. The summed E-state index contributed by atoms with van der Waals surface area (Å²) >= 11 is 11.3. The topological polar surface area (TPSA) is 265 Å². The predicted molar refractivity (Wildman–Crippen MR) is 121 cm³/mol. The number of hydrogen-bond acceptors (Lipinski definition) is 10. The molecule has 0 atom stereocenters. The molecule has 2 aromatic rings. The van der Waals surface area contributed by atoms with Gasteiger partial charge in [0.2, 0.25) is 30.1 Å². The molecule has 33 heavy (non-hydrogen) atoms. The van der Waals surface area contributed by atoms with Gasteiger partial charge in [0.25, 0.3) is 10.0 Å². The molecule has 14 nitrogen and oxygen atoms in total. The van der Waals surface area contributed by atoms with Gasteiger partial charge in [0, 0.05) is 0 Å². The summed E-state index contributed by atoms with van der Waals surface area (Å²) in [4.78, 5) is -1.83. The molecule has 0 fully saturated rings. The zero-order chi connectivity index (χ0) is 25.6. The molecule has 182 valence electrons. The first-order chi connectivity index (χ1) is 14.7. The summed E-state index contributed by atoms with van der Waals surface area (Å²) in [5, 5.41) is 16.7. The third-order valence-corrected chi connectivity index (χ3v) is 8.70. The van der Waals surface area contributed by atoms with Crippen LogP contribution in [0.4, 0.5) is 11.4 Å². The van der Waals surface area contributed by atoms with E-state index in [1.54, 1.807) is 0 Å². The standard InChI is InChI=1S/C7H6ClN3O4S2.C6H8ClN3O4S2/c8-4-1-5-7(2-6(4)16(9,12)13)17(14,15)11-3-10-5;7-3-1-4(8)6(16(10,13)14)2-5(3)15(9,11)12/h1-3H,(H,10,11)(H2,9,12,13);1-2H,8H2,(H2,9,11,12)(H2,10,13,14). The Balaban J connectivity index is 0.000000234. The first kappa shape index (κ1) is 27.2. The van der Waals surface area contributed by atoms with Crippen LogP contribution in [0.1, 0.15) is 0 Å². The smallest absolute Gasteiger partial charge is 0.285 e. The van der Waals surface area contributed by atoms with Crippen LogP contribution in [0.15, 0.2) is 48.2 Å². The number of primary sulfonamides is 3. The molecule has 0 amide bonds. The fraction of sp³-hybridized carbons (Fsp3) is 0. The van der Waals surface area contributed by atoms with Crippen LogP contribution in [-0.4, -0.2) is 40.0 Å². The van der Waals surface area contributed by atoms with Crippen molar-refractivity contribution in [2.24, 2.45) is 19.8 Å². The molecule has 1 aliphatic rings. The van der Waals surface area contributed by atoms with Gasteiger partial charge in [-0.1, -0.05) is 23.2 Å². The highest BCUT2D eigenvalue weighted by Crippen LogP contribution is 2.33. The van der Waals surface area contributed by atoms with E-state index in [9.17, 15) is 33.7 Å². The molecule has 3 rings (SSSR count). The molecule has 1 heterocycles. The number of rotatable bonds is 3. The average molecular weight is 581 g/mol. The number of nitrogens with zero attached hydrogens (tertiary/aromatic N) is 1. The van der Waals surface area contributed by atoms with E-state index in [0.29, 0.717) is 0 Å². The first-order valence-electron chi connectivity index (χ1n) is 7.81. The minimum Gasteiger partial charge on any atom is -0.398 e. The van der Waals surface area contributed by atoms with Gasteiger partial charge in [0.15, 0.2) is 0 Å². The lowest BCUT2D eigenvalue weighted by molar-refractivity contribution is 0.592. The van der Waals surface area contributed by atoms with Gasteiger partial charge in [-0.05, 0) is 24.3 Å². The number of fused-ring (bicyclic) bond motifs is 1. The number of anilines is 2. The van der Waals surface area contributed by atoms with Crippen molar-refractivity contribution >= 4 is 81.0 Å². The van der Waals surface area contributed by atoms with E-state index in [2.05, 4.69) is 9.71 Å². The number of benzene rings is 2. The molecule has 0 aliphatic carbocycles. The largest absolute Gasteiger partial charge is 0.398 e. The lowest BCUT2D eigenvalue weighted by atomic mass is 10.3. The molecule has 0 aromatic heterocycles. The van der Waals surface area contributed by atoms with Gasteiger partial charge < -0.3 is 11.1 Å². The number of halogens is 2. The predicted octanol–water partition coefficient (Wildman–Crippen LogP) is -0.653.